The maximum Gasteiger partial charge on any atom is 0.242 e. The molecule has 1 unspecified atom stereocenters. The van der Waals surface area contributed by atoms with Crippen LogP contribution >= 0.6 is 0 Å². The van der Waals surface area contributed by atoms with Gasteiger partial charge in [-0.25, -0.2) is 0 Å². The molecule has 0 aromatic rings. The van der Waals surface area contributed by atoms with E-state index in [9.17, 15) is 9.59 Å². The SMILES string of the molecule is CCCNCCNC(=O)C1CCCN1C(=O)C(C)C. The zero-order valence-corrected chi connectivity index (χ0v) is 12.4. The van der Waals surface area contributed by atoms with Gasteiger partial charge in [-0.2, -0.15) is 0 Å². The number of hydrogen-bond acceptors (Lipinski definition) is 3. The third-order valence-electron chi connectivity index (χ3n) is 3.36. The average Bonchev–Trinajstić information content (AvgIpc) is 2.86. The van der Waals surface area contributed by atoms with Gasteiger partial charge in [-0.05, 0) is 25.8 Å². The third kappa shape index (κ3) is 4.82. The number of rotatable bonds is 7. The van der Waals surface area contributed by atoms with Crippen molar-refractivity contribution in [3.63, 3.8) is 0 Å². The van der Waals surface area contributed by atoms with Crippen molar-refractivity contribution in [2.24, 2.45) is 5.92 Å². The Bertz CT molecular complexity index is 305. The van der Waals surface area contributed by atoms with Crippen LogP contribution in [0.4, 0.5) is 0 Å². The zero-order chi connectivity index (χ0) is 14.3. The van der Waals surface area contributed by atoms with E-state index in [1.807, 2.05) is 13.8 Å². The summed E-state index contributed by atoms with van der Waals surface area (Å²) >= 11 is 0. The largest absolute Gasteiger partial charge is 0.353 e. The summed E-state index contributed by atoms with van der Waals surface area (Å²) < 4.78 is 0. The summed E-state index contributed by atoms with van der Waals surface area (Å²) in [6.45, 7) is 8.96. The van der Waals surface area contributed by atoms with Crippen LogP contribution in [0.15, 0.2) is 0 Å². The molecule has 2 N–H and O–H groups in total. The fraction of sp³-hybridized carbons (Fsp3) is 0.857. The first-order valence-electron chi connectivity index (χ1n) is 7.36. The van der Waals surface area contributed by atoms with Crippen LogP contribution in [0.3, 0.4) is 0 Å². The Balaban J connectivity index is 2.36. The first kappa shape index (κ1) is 16.0. The lowest BCUT2D eigenvalue weighted by Gasteiger charge is -2.25. The van der Waals surface area contributed by atoms with E-state index in [0.29, 0.717) is 13.1 Å². The van der Waals surface area contributed by atoms with Crippen molar-refractivity contribution >= 4 is 11.8 Å². The van der Waals surface area contributed by atoms with Crippen molar-refractivity contribution in [3.8, 4) is 0 Å². The van der Waals surface area contributed by atoms with Crippen molar-refractivity contribution in [2.75, 3.05) is 26.2 Å². The second-order valence-electron chi connectivity index (χ2n) is 5.39. The van der Waals surface area contributed by atoms with E-state index in [1.165, 1.54) is 0 Å². The number of amides is 2. The lowest BCUT2D eigenvalue weighted by Crippen LogP contribution is -2.48. The second kappa shape index (κ2) is 8.15. The molecule has 19 heavy (non-hydrogen) atoms. The maximum atomic E-state index is 12.1. The number of nitrogens with one attached hydrogen (secondary N) is 2. The Morgan fingerprint density at radius 3 is 2.63 bits per heavy atom. The quantitative estimate of drug-likeness (QED) is 0.670. The number of nitrogens with zero attached hydrogens (tertiary/aromatic N) is 1. The van der Waals surface area contributed by atoms with E-state index in [4.69, 9.17) is 0 Å². The second-order valence-corrected chi connectivity index (χ2v) is 5.39. The smallest absolute Gasteiger partial charge is 0.242 e. The minimum Gasteiger partial charge on any atom is -0.353 e. The van der Waals surface area contributed by atoms with Crippen molar-refractivity contribution in [1.29, 1.82) is 0 Å². The van der Waals surface area contributed by atoms with E-state index in [2.05, 4.69) is 17.6 Å². The molecule has 1 saturated heterocycles. The molecule has 1 fully saturated rings. The molecule has 1 aliphatic rings. The standard InChI is InChI=1S/C14H27N3O2/c1-4-7-15-8-9-16-13(18)12-6-5-10-17(12)14(19)11(2)3/h11-12,15H,4-10H2,1-3H3,(H,16,18). The summed E-state index contributed by atoms with van der Waals surface area (Å²) in [5.74, 6) is 0.0335. The van der Waals surface area contributed by atoms with Crippen LogP contribution in [0.5, 0.6) is 0 Å². The van der Waals surface area contributed by atoms with Gasteiger partial charge in [0.1, 0.15) is 6.04 Å². The molecule has 0 spiro atoms. The van der Waals surface area contributed by atoms with E-state index < -0.39 is 0 Å². The van der Waals surface area contributed by atoms with Crippen LogP contribution < -0.4 is 10.6 Å². The summed E-state index contributed by atoms with van der Waals surface area (Å²) in [5.41, 5.74) is 0. The van der Waals surface area contributed by atoms with E-state index in [1.54, 1.807) is 4.90 Å². The van der Waals surface area contributed by atoms with Gasteiger partial charge < -0.3 is 15.5 Å². The molecule has 1 atom stereocenters. The first-order valence-corrected chi connectivity index (χ1v) is 7.36. The Labute approximate surface area is 116 Å². The van der Waals surface area contributed by atoms with Gasteiger partial charge >= 0.3 is 0 Å². The molecular formula is C14H27N3O2. The van der Waals surface area contributed by atoms with Crippen LogP contribution in [-0.4, -0.2) is 48.9 Å². The van der Waals surface area contributed by atoms with E-state index in [0.717, 1.165) is 32.4 Å². The molecule has 0 aromatic heterocycles. The number of likely N-dealkylation sites (tertiary alicyclic amines) is 1. The van der Waals surface area contributed by atoms with Gasteiger partial charge in [0.2, 0.25) is 11.8 Å². The van der Waals surface area contributed by atoms with Crippen LogP contribution in [-0.2, 0) is 9.59 Å². The third-order valence-corrected chi connectivity index (χ3v) is 3.36. The Hall–Kier alpha value is -1.10. The summed E-state index contributed by atoms with van der Waals surface area (Å²) in [7, 11) is 0. The van der Waals surface area contributed by atoms with Crippen LogP contribution in [0.1, 0.15) is 40.0 Å². The normalized spacial score (nSPS) is 18.9. The number of carbonyl (C=O) groups is 2. The minimum absolute atomic E-state index is 0.00945. The van der Waals surface area contributed by atoms with E-state index in [-0.39, 0.29) is 23.8 Å². The van der Waals surface area contributed by atoms with Crippen molar-refractivity contribution in [2.45, 2.75) is 46.1 Å². The topological polar surface area (TPSA) is 61.4 Å². The fourth-order valence-electron chi connectivity index (χ4n) is 2.33. The summed E-state index contributed by atoms with van der Waals surface area (Å²) in [4.78, 5) is 25.8. The van der Waals surface area contributed by atoms with Gasteiger partial charge in [0, 0.05) is 25.6 Å². The molecule has 0 saturated carbocycles. The highest BCUT2D eigenvalue weighted by Gasteiger charge is 2.34. The van der Waals surface area contributed by atoms with Gasteiger partial charge in [-0.15, -0.1) is 0 Å². The lowest BCUT2D eigenvalue weighted by molar-refractivity contribution is -0.140. The molecular weight excluding hydrogens is 242 g/mol. The van der Waals surface area contributed by atoms with Crippen LogP contribution in [0, 0.1) is 5.92 Å². The average molecular weight is 269 g/mol. The number of carbonyl (C=O) groups excluding carboxylic acids is 2. The molecule has 0 radical (unpaired) electrons. The molecule has 1 rings (SSSR count). The molecule has 1 heterocycles. The monoisotopic (exact) mass is 269 g/mol. The fourth-order valence-corrected chi connectivity index (χ4v) is 2.33. The Morgan fingerprint density at radius 2 is 2.00 bits per heavy atom. The molecule has 110 valence electrons. The molecule has 1 aliphatic heterocycles. The summed E-state index contributed by atoms with van der Waals surface area (Å²) in [5, 5.41) is 6.15. The predicted molar refractivity (Wildman–Crippen MR) is 75.7 cm³/mol. The van der Waals surface area contributed by atoms with Crippen molar-refractivity contribution in [3.05, 3.63) is 0 Å². The van der Waals surface area contributed by atoms with Gasteiger partial charge in [0.25, 0.3) is 0 Å². The van der Waals surface area contributed by atoms with E-state index >= 15 is 0 Å². The number of hydrogen-bond donors (Lipinski definition) is 2. The highest BCUT2D eigenvalue weighted by atomic mass is 16.2. The Kier molecular flexibility index (Phi) is 6.84. The minimum atomic E-state index is -0.263. The Morgan fingerprint density at radius 1 is 1.26 bits per heavy atom. The summed E-state index contributed by atoms with van der Waals surface area (Å²) in [6, 6.07) is -0.263. The first-order chi connectivity index (χ1) is 9.07. The molecule has 5 heteroatoms. The molecule has 0 bridgehead atoms. The molecule has 0 aliphatic carbocycles. The van der Waals surface area contributed by atoms with Gasteiger partial charge in [0.05, 0.1) is 0 Å². The highest BCUT2D eigenvalue weighted by molar-refractivity contribution is 5.88. The lowest BCUT2D eigenvalue weighted by atomic mass is 10.1. The molecule has 5 nitrogen and oxygen atoms in total. The zero-order valence-electron chi connectivity index (χ0n) is 12.4. The highest BCUT2D eigenvalue weighted by Crippen LogP contribution is 2.19. The molecule has 2 amide bonds. The van der Waals surface area contributed by atoms with Gasteiger partial charge in [-0.3, -0.25) is 9.59 Å². The predicted octanol–water partition coefficient (Wildman–Crippen LogP) is 0.749. The van der Waals surface area contributed by atoms with Crippen molar-refractivity contribution in [1.82, 2.24) is 15.5 Å². The van der Waals surface area contributed by atoms with Crippen LogP contribution in [0.2, 0.25) is 0 Å². The maximum absolute atomic E-state index is 12.1. The molecule has 0 aromatic carbocycles. The van der Waals surface area contributed by atoms with Crippen LogP contribution in [0.25, 0.3) is 0 Å². The van der Waals surface area contributed by atoms with Crippen molar-refractivity contribution < 1.29 is 9.59 Å². The van der Waals surface area contributed by atoms with Gasteiger partial charge in [0.15, 0.2) is 0 Å². The summed E-state index contributed by atoms with van der Waals surface area (Å²) in [6.07, 6.45) is 2.80. The van der Waals surface area contributed by atoms with Gasteiger partial charge in [-0.1, -0.05) is 20.8 Å².